The zero-order valence-corrected chi connectivity index (χ0v) is 15.8. The normalized spacial score (nSPS) is 11.4. The van der Waals surface area contributed by atoms with Gasteiger partial charge in [0.25, 0.3) is 5.91 Å². The van der Waals surface area contributed by atoms with Gasteiger partial charge in [-0.2, -0.15) is 0 Å². The second-order valence-electron chi connectivity index (χ2n) is 5.54. The van der Waals surface area contributed by atoms with Crippen molar-refractivity contribution in [3.63, 3.8) is 0 Å². The van der Waals surface area contributed by atoms with E-state index in [1.54, 1.807) is 24.3 Å². The Morgan fingerprint density at radius 2 is 1.56 bits per heavy atom. The van der Waals surface area contributed by atoms with Crippen LogP contribution in [0.2, 0.25) is 10.0 Å². The standard InChI is InChI=1S/C18H15Cl2FN2O4/c1-9(27-18(26)13-7-16(21)15(20)8-14(13)19)17(25)23-12-5-3-11(4-6-12)22-10(2)24/h3-9H,1-2H3,(H,22,24)(H,23,25)/t9-/m1/s1. The lowest BCUT2D eigenvalue weighted by atomic mass is 10.2. The largest absolute Gasteiger partial charge is 0.449 e. The summed E-state index contributed by atoms with van der Waals surface area (Å²) >= 11 is 11.4. The molecule has 0 saturated carbocycles. The predicted octanol–water partition coefficient (Wildman–Crippen LogP) is 4.27. The van der Waals surface area contributed by atoms with Crippen molar-refractivity contribution in [1.29, 1.82) is 0 Å². The molecule has 27 heavy (non-hydrogen) atoms. The van der Waals surface area contributed by atoms with Gasteiger partial charge in [0.1, 0.15) is 5.82 Å². The highest BCUT2D eigenvalue weighted by Gasteiger charge is 2.22. The molecule has 0 aliphatic heterocycles. The van der Waals surface area contributed by atoms with Crippen LogP contribution in [-0.2, 0) is 14.3 Å². The summed E-state index contributed by atoms with van der Waals surface area (Å²) in [7, 11) is 0. The van der Waals surface area contributed by atoms with Crippen molar-refractivity contribution in [2.75, 3.05) is 10.6 Å². The fourth-order valence-corrected chi connectivity index (χ4v) is 2.50. The Hall–Kier alpha value is -2.64. The van der Waals surface area contributed by atoms with Gasteiger partial charge in [-0.1, -0.05) is 23.2 Å². The minimum Gasteiger partial charge on any atom is -0.449 e. The number of nitrogens with one attached hydrogen (secondary N) is 2. The molecule has 0 aromatic heterocycles. The van der Waals surface area contributed by atoms with E-state index in [9.17, 15) is 18.8 Å². The molecule has 0 saturated heterocycles. The third-order valence-electron chi connectivity index (χ3n) is 3.36. The van der Waals surface area contributed by atoms with Crippen LogP contribution in [-0.4, -0.2) is 23.9 Å². The molecule has 0 fully saturated rings. The van der Waals surface area contributed by atoms with E-state index in [1.807, 2.05) is 0 Å². The quantitative estimate of drug-likeness (QED) is 0.566. The molecule has 0 radical (unpaired) electrons. The molecule has 2 aromatic rings. The summed E-state index contributed by atoms with van der Waals surface area (Å²) in [5.41, 5.74) is 0.768. The Labute approximate surface area is 164 Å². The summed E-state index contributed by atoms with van der Waals surface area (Å²) in [4.78, 5) is 35.2. The van der Waals surface area contributed by atoms with Crippen LogP contribution in [0.4, 0.5) is 15.8 Å². The number of halogens is 3. The average molecular weight is 413 g/mol. The zero-order valence-electron chi connectivity index (χ0n) is 14.3. The van der Waals surface area contributed by atoms with Crippen LogP contribution < -0.4 is 10.6 Å². The van der Waals surface area contributed by atoms with Crippen molar-refractivity contribution in [2.45, 2.75) is 20.0 Å². The second-order valence-corrected chi connectivity index (χ2v) is 6.36. The number of esters is 1. The Morgan fingerprint density at radius 3 is 2.11 bits per heavy atom. The van der Waals surface area contributed by atoms with Crippen LogP contribution in [0.15, 0.2) is 36.4 Å². The molecule has 6 nitrogen and oxygen atoms in total. The monoisotopic (exact) mass is 412 g/mol. The van der Waals surface area contributed by atoms with Crippen molar-refractivity contribution in [1.82, 2.24) is 0 Å². The molecule has 2 N–H and O–H groups in total. The molecule has 0 unspecified atom stereocenters. The van der Waals surface area contributed by atoms with Crippen LogP contribution in [0.25, 0.3) is 0 Å². The maximum Gasteiger partial charge on any atom is 0.340 e. The summed E-state index contributed by atoms with van der Waals surface area (Å²) in [6, 6.07) is 8.27. The van der Waals surface area contributed by atoms with E-state index in [0.29, 0.717) is 11.4 Å². The van der Waals surface area contributed by atoms with E-state index in [2.05, 4.69) is 10.6 Å². The minimum absolute atomic E-state index is 0.0902. The van der Waals surface area contributed by atoms with Gasteiger partial charge in [-0.05, 0) is 43.3 Å². The van der Waals surface area contributed by atoms with Gasteiger partial charge in [0.05, 0.1) is 15.6 Å². The van der Waals surface area contributed by atoms with E-state index < -0.39 is 23.8 Å². The van der Waals surface area contributed by atoms with Gasteiger partial charge in [-0.25, -0.2) is 9.18 Å². The van der Waals surface area contributed by atoms with Crippen LogP contribution in [0.1, 0.15) is 24.2 Å². The van der Waals surface area contributed by atoms with Gasteiger partial charge in [0.15, 0.2) is 6.10 Å². The van der Waals surface area contributed by atoms with Gasteiger partial charge in [-0.3, -0.25) is 9.59 Å². The molecule has 142 valence electrons. The molecule has 9 heteroatoms. The van der Waals surface area contributed by atoms with Crippen LogP contribution in [0, 0.1) is 5.82 Å². The number of carbonyl (C=O) groups excluding carboxylic acids is 3. The molecule has 0 aliphatic rings. The van der Waals surface area contributed by atoms with Crippen molar-refractivity contribution in [3.05, 3.63) is 57.8 Å². The molecule has 2 amide bonds. The van der Waals surface area contributed by atoms with E-state index in [-0.39, 0.29) is 21.5 Å². The van der Waals surface area contributed by atoms with Gasteiger partial charge >= 0.3 is 5.97 Å². The van der Waals surface area contributed by atoms with Crippen molar-refractivity contribution in [3.8, 4) is 0 Å². The van der Waals surface area contributed by atoms with Gasteiger partial charge < -0.3 is 15.4 Å². The van der Waals surface area contributed by atoms with E-state index >= 15 is 0 Å². The number of hydrogen-bond donors (Lipinski definition) is 2. The number of ether oxygens (including phenoxy) is 1. The summed E-state index contributed by atoms with van der Waals surface area (Å²) in [5.74, 6) is -2.60. The van der Waals surface area contributed by atoms with Crippen LogP contribution >= 0.6 is 23.2 Å². The van der Waals surface area contributed by atoms with Gasteiger partial charge in [0, 0.05) is 18.3 Å². The van der Waals surface area contributed by atoms with Gasteiger partial charge in [-0.15, -0.1) is 0 Å². The number of anilines is 2. The molecule has 0 spiro atoms. The lowest BCUT2D eigenvalue weighted by molar-refractivity contribution is -0.123. The van der Waals surface area contributed by atoms with E-state index in [1.165, 1.54) is 13.8 Å². The van der Waals surface area contributed by atoms with Crippen molar-refractivity contribution >= 4 is 52.4 Å². The molecule has 2 aromatic carbocycles. The first-order valence-corrected chi connectivity index (χ1v) is 8.47. The molecule has 0 heterocycles. The summed E-state index contributed by atoms with van der Waals surface area (Å²) in [6.07, 6.45) is -1.16. The van der Waals surface area contributed by atoms with E-state index in [0.717, 1.165) is 12.1 Å². The Morgan fingerprint density at radius 1 is 1.00 bits per heavy atom. The van der Waals surface area contributed by atoms with Crippen LogP contribution in [0.5, 0.6) is 0 Å². The maximum absolute atomic E-state index is 13.5. The van der Waals surface area contributed by atoms with Crippen molar-refractivity contribution in [2.24, 2.45) is 0 Å². The fraction of sp³-hybridized carbons (Fsp3) is 0.167. The highest BCUT2D eigenvalue weighted by molar-refractivity contribution is 6.36. The lowest BCUT2D eigenvalue weighted by Crippen LogP contribution is -2.30. The first-order chi connectivity index (χ1) is 12.7. The smallest absolute Gasteiger partial charge is 0.340 e. The first-order valence-electron chi connectivity index (χ1n) is 7.71. The SMILES string of the molecule is CC(=O)Nc1ccc(NC(=O)[C@@H](C)OC(=O)c2cc(F)c(Cl)cc2Cl)cc1. The number of amides is 2. The summed E-state index contributed by atoms with van der Waals surface area (Å²) < 4.78 is 18.5. The lowest BCUT2D eigenvalue weighted by Gasteiger charge is -2.14. The number of rotatable bonds is 5. The first kappa shape index (κ1) is 20.7. The molecule has 0 aliphatic carbocycles. The number of hydrogen-bond acceptors (Lipinski definition) is 4. The third-order valence-corrected chi connectivity index (χ3v) is 3.96. The number of benzene rings is 2. The molecule has 0 bridgehead atoms. The van der Waals surface area contributed by atoms with Crippen LogP contribution in [0.3, 0.4) is 0 Å². The third kappa shape index (κ3) is 5.67. The molecular weight excluding hydrogens is 398 g/mol. The highest BCUT2D eigenvalue weighted by atomic mass is 35.5. The molecule has 1 atom stereocenters. The Balaban J connectivity index is 2.00. The molecular formula is C18H15Cl2FN2O4. The summed E-state index contributed by atoms with van der Waals surface area (Å²) in [6.45, 7) is 2.74. The topological polar surface area (TPSA) is 84.5 Å². The second kappa shape index (κ2) is 8.83. The Bertz CT molecular complexity index is 888. The van der Waals surface area contributed by atoms with E-state index in [4.69, 9.17) is 27.9 Å². The fourth-order valence-electron chi connectivity index (χ4n) is 2.04. The number of carbonyl (C=O) groups is 3. The highest BCUT2D eigenvalue weighted by Crippen LogP contribution is 2.25. The minimum atomic E-state index is -1.16. The summed E-state index contributed by atoms with van der Waals surface area (Å²) in [5, 5.41) is 4.83. The molecule has 2 rings (SSSR count). The van der Waals surface area contributed by atoms with Gasteiger partial charge in [0.2, 0.25) is 5.91 Å². The average Bonchev–Trinajstić information content (AvgIpc) is 2.59. The zero-order chi connectivity index (χ0) is 20.1. The Kier molecular flexibility index (Phi) is 6.76. The maximum atomic E-state index is 13.5. The van der Waals surface area contributed by atoms with Crippen molar-refractivity contribution < 1.29 is 23.5 Å². The predicted molar refractivity (Wildman–Crippen MR) is 101 cm³/mol.